The molecule has 0 aliphatic heterocycles. The maximum absolute atomic E-state index is 11.3. The first-order valence-electron chi connectivity index (χ1n) is 4.37. The predicted octanol–water partition coefficient (Wildman–Crippen LogP) is 2.71. The summed E-state index contributed by atoms with van der Waals surface area (Å²) in [5.74, 6) is 0.764. The van der Waals surface area contributed by atoms with E-state index in [4.69, 9.17) is 0 Å². The number of hydrogen-bond acceptors (Lipinski definition) is 1. The SMILES string of the molecule is C=C(C)C[C@H]1CCCCC1=O. The van der Waals surface area contributed by atoms with Crippen LogP contribution in [0.4, 0.5) is 0 Å². The van der Waals surface area contributed by atoms with Gasteiger partial charge in [-0.1, -0.05) is 12.0 Å². The minimum Gasteiger partial charge on any atom is -0.299 e. The fraction of sp³-hybridized carbons (Fsp3) is 0.700. The molecule has 0 aromatic heterocycles. The van der Waals surface area contributed by atoms with Gasteiger partial charge in [0.25, 0.3) is 0 Å². The Hall–Kier alpha value is -0.590. The van der Waals surface area contributed by atoms with Crippen molar-refractivity contribution in [3.05, 3.63) is 12.2 Å². The molecule has 0 unspecified atom stereocenters. The van der Waals surface area contributed by atoms with E-state index in [-0.39, 0.29) is 0 Å². The van der Waals surface area contributed by atoms with Gasteiger partial charge in [-0.05, 0) is 26.2 Å². The fourth-order valence-corrected chi connectivity index (χ4v) is 1.69. The van der Waals surface area contributed by atoms with Gasteiger partial charge in [0, 0.05) is 12.3 Å². The maximum Gasteiger partial charge on any atom is 0.136 e. The first-order valence-corrected chi connectivity index (χ1v) is 4.37. The molecule has 0 amide bonds. The monoisotopic (exact) mass is 152 g/mol. The second kappa shape index (κ2) is 3.70. The normalized spacial score (nSPS) is 25.2. The van der Waals surface area contributed by atoms with E-state index in [2.05, 4.69) is 6.58 Å². The van der Waals surface area contributed by atoms with Crippen molar-refractivity contribution in [1.29, 1.82) is 0 Å². The van der Waals surface area contributed by atoms with E-state index in [9.17, 15) is 4.79 Å². The lowest BCUT2D eigenvalue weighted by atomic mass is 9.84. The van der Waals surface area contributed by atoms with E-state index in [0.29, 0.717) is 11.7 Å². The van der Waals surface area contributed by atoms with Gasteiger partial charge >= 0.3 is 0 Å². The molecular formula is C10H16O. The van der Waals surface area contributed by atoms with E-state index in [1.54, 1.807) is 0 Å². The number of rotatable bonds is 2. The molecule has 0 spiro atoms. The minimum absolute atomic E-state index is 0.307. The van der Waals surface area contributed by atoms with Crippen LogP contribution in [0.3, 0.4) is 0 Å². The Bertz CT molecular complexity index is 170. The number of allylic oxidation sites excluding steroid dienone is 1. The van der Waals surface area contributed by atoms with Crippen LogP contribution in [0.1, 0.15) is 39.0 Å². The molecule has 1 heteroatoms. The first kappa shape index (κ1) is 8.51. The standard InChI is InChI=1S/C10H16O/c1-8(2)7-9-5-3-4-6-10(9)11/h9H,1,3-7H2,2H3/t9-/m1/s1. The third kappa shape index (κ3) is 2.49. The summed E-state index contributed by atoms with van der Waals surface area (Å²) in [6.07, 6.45) is 5.14. The molecule has 0 N–H and O–H groups in total. The highest BCUT2D eigenvalue weighted by Crippen LogP contribution is 2.25. The van der Waals surface area contributed by atoms with E-state index in [0.717, 1.165) is 31.3 Å². The lowest BCUT2D eigenvalue weighted by Crippen LogP contribution is -2.18. The van der Waals surface area contributed by atoms with Crippen LogP contribution >= 0.6 is 0 Å². The van der Waals surface area contributed by atoms with Crippen molar-refractivity contribution in [2.24, 2.45) is 5.92 Å². The Morgan fingerprint density at radius 3 is 2.91 bits per heavy atom. The van der Waals surface area contributed by atoms with Gasteiger partial charge in [0.1, 0.15) is 5.78 Å². The first-order chi connectivity index (χ1) is 5.20. The second-order valence-corrected chi connectivity index (χ2v) is 3.57. The molecule has 0 radical (unpaired) electrons. The Morgan fingerprint density at radius 1 is 1.64 bits per heavy atom. The third-order valence-electron chi connectivity index (χ3n) is 2.28. The van der Waals surface area contributed by atoms with Gasteiger partial charge in [-0.15, -0.1) is 6.58 Å². The zero-order valence-corrected chi connectivity index (χ0v) is 7.23. The number of Topliss-reactive ketones (excluding diaryl/α,β-unsaturated/α-hetero) is 1. The van der Waals surface area contributed by atoms with Crippen molar-refractivity contribution >= 4 is 5.78 Å². The quantitative estimate of drug-likeness (QED) is 0.556. The molecule has 0 aromatic carbocycles. The minimum atomic E-state index is 0.307. The van der Waals surface area contributed by atoms with E-state index in [1.807, 2.05) is 6.92 Å². The van der Waals surface area contributed by atoms with Crippen molar-refractivity contribution in [3.63, 3.8) is 0 Å². The molecule has 0 saturated heterocycles. The van der Waals surface area contributed by atoms with Crippen LogP contribution in [0.25, 0.3) is 0 Å². The van der Waals surface area contributed by atoms with Crippen LogP contribution in [0.5, 0.6) is 0 Å². The lowest BCUT2D eigenvalue weighted by Gasteiger charge is -2.19. The molecule has 0 heterocycles. The van der Waals surface area contributed by atoms with Gasteiger partial charge < -0.3 is 0 Å². The summed E-state index contributed by atoms with van der Waals surface area (Å²) in [5.41, 5.74) is 1.14. The van der Waals surface area contributed by atoms with Crippen LogP contribution in [0.15, 0.2) is 12.2 Å². The molecule has 1 rings (SSSR count). The zero-order valence-electron chi connectivity index (χ0n) is 7.23. The summed E-state index contributed by atoms with van der Waals surface area (Å²) in [6, 6.07) is 0. The molecule has 11 heavy (non-hydrogen) atoms. The average molecular weight is 152 g/mol. The maximum atomic E-state index is 11.3. The molecule has 1 nitrogen and oxygen atoms in total. The summed E-state index contributed by atoms with van der Waals surface area (Å²) in [4.78, 5) is 11.3. The van der Waals surface area contributed by atoms with Gasteiger partial charge in [0.15, 0.2) is 0 Å². The van der Waals surface area contributed by atoms with Crippen LogP contribution in [-0.2, 0) is 4.79 Å². The summed E-state index contributed by atoms with van der Waals surface area (Å²) < 4.78 is 0. The van der Waals surface area contributed by atoms with Crippen molar-refractivity contribution < 1.29 is 4.79 Å². The molecule has 1 fully saturated rings. The highest BCUT2D eigenvalue weighted by Gasteiger charge is 2.21. The highest BCUT2D eigenvalue weighted by molar-refractivity contribution is 5.81. The van der Waals surface area contributed by atoms with Crippen LogP contribution in [-0.4, -0.2) is 5.78 Å². The zero-order chi connectivity index (χ0) is 8.27. The van der Waals surface area contributed by atoms with Gasteiger partial charge in [-0.25, -0.2) is 0 Å². The molecule has 0 bridgehead atoms. The van der Waals surface area contributed by atoms with Crippen LogP contribution in [0, 0.1) is 5.92 Å². The van der Waals surface area contributed by atoms with Gasteiger partial charge in [-0.3, -0.25) is 4.79 Å². The van der Waals surface area contributed by atoms with E-state index < -0.39 is 0 Å². The average Bonchev–Trinajstić information content (AvgIpc) is 1.93. The number of carbonyl (C=O) groups excluding carboxylic acids is 1. The Kier molecular flexibility index (Phi) is 2.86. The number of ketones is 1. The number of carbonyl (C=O) groups is 1. The highest BCUT2D eigenvalue weighted by atomic mass is 16.1. The van der Waals surface area contributed by atoms with E-state index in [1.165, 1.54) is 6.42 Å². The Balaban J connectivity index is 2.42. The lowest BCUT2D eigenvalue weighted by molar-refractivity contribution is -0.124. The molecule has 62 valence electrons. The summed E-state index contributed by atoms with van der Waals surface area (Å²) in [7, 11) is 0. The second-order valence-electron chi connectivity index (χ2n) is 3.57. The molecular weight excluding hydrogens is 136 g/mol. The summed E-state index contributed by atoms with van der Waals surface area (Å²) in [5, 5.41) is 0. The predicted molar refractivity (Wildman–Crippen MR) is 46.4 cm³/mol. The fourth-order valence-electron chi connectivity index (χ4n) is 1.69. The smallest absolute Gasteiger partial charge is 0.136 e. The summed E-state index contributed by atoms with van der Waals surface area (Å²) >= 11 is 0. The topological polar surface area (TPSA) is 17.1 Å². The summed E-state index contributed by atoms with van der Waals surface area (Å²) in [6.45, 7) is 5.83. The van der Waals surface area contributed by atoms with E-state index >= 15 is 0 Å². The van der Waals surface area contributed by atoms with Gasteiger partial charge in [0.05, 0.1) is 0 Å². The van der Waals surface area contributed by atoms with Gasteiger partial charge in [-0.2, -0.15) is 0 Å². The van der Waals surface area contributed by atoms with Crippen LogP contribution in [0.2, 0.25) is 0 Å². The van der Waals surface area contributed by atoms with Crippen LogP contribution < -0.4 is 0 Å². The molecule has 1 atom stereocenters. The Labute approximate surface area is 68.5 Å². The van der Waals surface area contributed by atoms with Crippen molar-refractivity contribution in [2.45, 2.75) is 39.0 Å². The van der Waals surface area contributed by atoms with Crippen molar-refractivity contribution in [1.82, 2.24) is 0 Å². The molecule has 0 aromatic rings. The Morgan fingerprint density at radius 2 is 2.36 bits per heavy atom. The van der Waals surface area contributed by atoms with Crippen molar-refractivity contribution in [2.75, 3.05) is 0 Å². The van der Waals surface area contributed by atoms with Crippen molar-refractivity contribution in [3.8, 4) is 0 Å². The largest absolute Gasteiger partial charge is 0.299 e. The third-order valence-corrected chi connectivity index (χ3v) is 2.28. The molecule has 1 saturated carbocycles. The molecule has 1 aliphatic rings. The van der Waals surface area contributed by atoms with Gasteiger partial charge in [0.2, 0.25) is 0 Å². The molecule has 1 aliphatic carbocycles. The number of hydrogen-bond donors (Lipinski definition) is 0.